The highest BCUT2D eigenvalue weighted by molar-refractivity contribution is 5.68. The van der Waals surface area contributed by atoms with E-state index in [2.05, 4.69) is 143 Å². The Morgan fingerprint density at radius 2 is 0.726 bits per heavy atom. The van der Waals surface area contributed by atoms with E-state index in [9.17, 15) is 9.90 Å². The molecule has 7 aromatic carbocycles. The van der Waals surface area contributed by atoms with Crippen molar-refractivity contribution in [3.63, 3.8) is 0 Å². The van der Waals surface area contributed by atoms with Crippen LogP contribution in [0, 0.1) is 0 Å². The molecule has 9 nitrogen and oxygen atoms in total. The van der Waals surface area contributed by atoms with Crippen LogP contribution in [0.25, 0.3) is 0 Å². The number of phenols is 2. The summed E-state index contributed by atoms with van der Waals surface area (Å²) < 4.78 is 22.9. The van der Waals surface area contributed by atoms with Gasteiger partial charge in [0.2, 0.25) is 0 Å². The van der Waals surface area contributed by atoms with Crippen LogP contribution in [0.4, 0.5) is 0 Å². The first-order valence-electron chi connectivity index (χ1n) is 27.2. The van der Waals surface area contributed by atoms with Crippen molar-refractivity contribution < 1.29 is 44.2 Å². The average Bonchev–Trinajstić information content (AvgIpc) is 3.54. The maximum atomic E-state index is 10.4. The number of hydrogen-bond acceptors (Lipinski definition) is 8. The van der Waals surface area contributed by atoms with Gasteiger partial charge in [0, 0.05) is 32.0 Å². The Kier molecular flexibility index (Phi) is 47.5. The molecule has 7 aromatic rings. The van der Waals surface area contributed by atoms with Crippen LogP contribution in [0.15, 0.2) is 188 Å². The van der Waals surface area contributed by atoms with Crippen LogP contribution >= 0.6 is 0 Å². The minimum Gasteiger partial charge on any atom is -0.508 e. The quantitative estimate of drug-likeness (QED) is 0.0365. The number of carbonyl (C=O) groups is 1. The Balaban J connectivity index is -0.000000359. The molecular weight excluding hydrogens is 1040 g/mol. The maximum absolute atomic E-state index is 10.4. The van der Waals surface area contributed by atoms with Crippen LogP contribution in [0.5, 0.6) is 23.0 Å². The highest BCUT2D eigenvalue weighted by Gasteiger charge is 2.43. The number of aliphatic hydroxyl groups excluding tert-OH is 1. The summed E-state index contributed by atoms with van der Waals surface area (Å²) in [5.74, 6) is 2.15. The van der Waals surface area contributed by atoms with Gasteiger partial charge in [0.25, 0.3) is 0 Å². The van der Waals surface area contributed by atoms with E-state index in [1.54, 1.807) is 36.4 Å². The molecule has 0 bridgehead atoms. The summed E-state index contributed by atoms with van der Waals surface area (Å²) in [6.45, 7) is 19.8. The van der Waals surface area contributed by atoms with Crippen molar-refractivity contribution in [1.82, 2.24) is 0 Å². The smallest absolute Gasteiger partial charge is 0.303 e. The van der Waals surface area contributed by atoms with E-state index in [4.69, 9.17) is 34.3 Å². The van der Waals surface area contributed by atoms with E-state index >= 15 is 0 Å². The largest absolute Gasteiger partial charge is 0.508 e. The number of phenolic OH excluding ortho intramolecular Hbond substituents is 2. The normalized spacial score (nSPS) is 12.0. The number of ether oxygens (including phenoxy) is 4. The second-order valence-electron chi connectivity index (χ2n) is 18.7. The van der Waals surface area contributed by atoms with Gasteiger partial charge >= 0.3 is 5.97 Å². The molecule has 0 amide bonds. The van der Waals surface area contributed by atoms with Crippen LogP contribution < -0.4 is 9.47 Å². The molecule has 470 valence electrons. The van der Waals surface area contributed by atoms with Crippen molar-refractivity contribution >= 4 is 5.97 Å². The number of aliphatic carboxylic acids is 1. The summed E-state index contributed by atoms with van der Waals surface area (Å²) in [7, 11) is 0. The van der Waals surface area contributed by atoms with Crippen molar-refractivity contribution in [2.45, 2.75) is 202 Å². The zero-order chi connectivity index (χ0) is 55.3. The lowest BCUT2D eigenvalue weighted by Gasteiger charge is -2.43. The lowest BCUT2D eigenvalue weighted by atomic mass is 9.59. The molecule has 84 heavy (non-hydrogen) atoms. The molecule has 9 heteroatoms. The van der Waals surface area contributed by atoms with Gasteiger partial charge in [-0.3, -0.25) is 4.79 Å². The second-order valence-corrected chi connectivity index (χ2v) is 18.7. The minimum absolute atomic E-state index is 0. The lowest BCUT2D eigenvalue weighted by Crippen LogP contribution is -2.36. The van der Waals surface area contributed by atoms with Crippen LogP contribution in [0.3, 0.4) is 0 Å². The van der Waals surface area contributed by atoms with Crippen molar-refractivity contribution in [3.05, 3.63) is 227 Å². The Morgan fingerprint density at radius 1 is 0.405 bits per heavy atom. The van der Waals surface area contributed by atoms with Gasteiger partial charge in [0.1, 0.15) is 23.0 Å². The molecule has 0 aliphatic rings. The Labute approximate surface area is 513 Å². The van der Waals surface area contributed by atoms with Gasteiger partial charge in [0.15, 0.2) is 12.6 Å². The molecule has 0 spiro atoms. The van der Waals surface area contributed by atoms with Crippen molar-refractivity contribution in [1.29, 1.82) is 0 Å². The molecule has 0 radical (unpaired) electrons. The first kappa shape index (κ1) is 85.9. The number of rotatable bonds is 23. The lowest BCUT2D eigenvalue weighted by molar-refractivity contribution is -0.137. The van der Waals surface area contributed by atoms with Crippen LogP contribution in [-0.4, -0.2) is 52.2 Å². The summed E-state index contributed by atoms with van der Waals surface area (Å²) in [5, 5.41) is 36.2. The summed E-state index contributed by atoms with van der Waals surface area (Å²) in [5.41, 5.74) is 8.00. The molecule has 0 saturated carbocycles. The zero-order valence-electron chi connectivity index (χ0n) is 46.3. The SMILES string of the molecule is C.C.C.C.C.C.C.C.CC(CC(=O)O)c1ccc(O)cc1.CCC(C)c1ccc(O)cc1.CCOC(CC)Oc1ccc(C(CC)C(c2ccccc2)(c2ccccc2)c2ccccc2)cc1.CCOC(CC)Oc1ccc(C(O)CC)cc1. The molecule has 0 aliphatic heterocycles. The maximum Gasteiger partial charge on any atom is 0.303 e. The van der Waals surface area contributed by atoms with Crippen LogP contribution in [0.1, 0.15) is 223 Å². The summed E-state index contributed by atoms with van der Waals surface area (Å²) >= 11 is 0. The Bertz CT molecular complexity index is 2510. The van der Waals surface area contributed by atoms with Gasteiger partial charge < -0.3 is 39.4 Å². The number of aromatic hydroxyl groups is 2. The molecule has 7 rings (SSSR count). The third-order valence-corrected chi connectivity index (χ3v) is 13.5. The summed E-state index contributed by atoms with van der Waals surface area (Å²) in [6, 6.07) is 63.0. The number of carboxylic acid groups (broad SMARTS) is 1. The summed E-state index contributed by atoms with van der Waals surface area (Å²) in [4.78, 5) is 10.4. The first-order valence-corrected chi connectivity index (χ1v) is 27.2. The molecule has 6 unspecified atom stereocenters. The molecule has 0 heterocycles. The third kappa shape index (κ3) is 26.3. The van der Waals surface area contributed by atoms with E-state index in [1.165, 1.54) is 27.8 Å². The fourth-order valence-corrected chi connectivity index (χ4v) is 9.15. The predicted molar refractivity (Wildman–Crippen MR) is 362 cm³/mol. The van der Waals surface area contributed by atoms with Gasteiger partial charge in [-0.25, -0.2) is 0 Å². The Morgan fingerprint density at radius 3 is 1.01 bits per heavy atom. The summed E-state index contributed by atoms with van der Waals surface area (Å²) in [6.07, 6.45) is 3.78. The molecule has 0 aromatic heterocycles. The van der Waals surface area contributed by atoms with Gasteiger partial charge in [-0.2, -0.15) is 0 Å². The number of carboxylic acids is 1. The highest BCUT2D eigenvalue weighted by atomic mass is 16.7. The first-order chi connectivity index (χ1) is 36.8. The topological polar surface area (TPSA) is 135 Å². The standard InChI is InChI=1S/C33H36O2.C14H22O3.C10H12O3.C10H14O.8CH4/c1-4-31(26-22-24-30(25-23-26)35-32(5-2)34-6-3)33(27-16-10-7-11-17-27,28-18-12-8-13-19-28)29-20-14-9-15-21-29;1-4-13(15)11-7-9-12(10-8-11)17-14(5-2)16-6-3;1-7(6-10(12)13)8-2-4-9(11)5-3-8;1-3-8(2)9-4-6-10(11)7-5-9;;;;;;;;/h7-25,31-32H,4-6H2,1-3H3;7-10,13-15H,4-6H2,1-3H3;2-5,7,11H,6H2,1H3,(H,12,13);4-8,11H,3H2,1-2H3;8*1H4. The van der Waals surface area contributed by atoms with Crippen LogP contribution in [0.2, 0.25) is 0 Å². The van der Waals surface area contributed by atoms with Crippen molar-refractivity contribution in [3.8, 4) is 23.0 Å². The number of benzene rings is 7. The van der Waals surface area contributed by atoms with Crippen molar-refractivity contribution in [2.75, 3.05) is 13.2 Å². The van der Waals surface area contributed by atoms with Crippen molar-refractivity contribution in [2.24, 2.45) is 0 Å². The molecule has 0 saturated heterocycles. The minimum atomic E-state index is -0.805. The fraction of sp³-hybridized carbons (Fsp3) is 0.427. The second kappa shape index (κ2) is 46.5. The molecule has 0 aliphatic carbocycles. The zero-order valence-corrected chi connectivity index (χ0v) is 46.3. The van der Waals surface area contributed by atoms with Gasteiger partial charge in [-0.15, -0.1) is 0 Å². The van der Waals surface area contributed by atoms with E-state index in [0.717, 1.165) is 54.7 Å². The van der Waals surface area contributed by atoms with Gasteiger partial charge in [-0.05, 0) is 132 Å². The number of aliphatic hydroxyl groups is 1. The highest BCUT2D eigenvalue weighted by Crippen LogP contribution is 2.51. The average molecular weight is 1160 g/mol. The molecule has 4 N–H and O–H groups in total. The number of hydrogen-bond donors (Lipinski definition) is 4. The van der Waals surface area contributed by atoms with E-state index < -0.39 is 12.1 Å². The van der Waals surface area contributed by atoms with Gasteiger partial charge in [-0.1, -0.05) is 247 Å². The molecular formula is C75H116O9. The van der Waals surface area contributed by atoms with Crippen LogP contribution in [-0.2, 0) is 19.7 Å². The van der Waals surface area contributed by atoms with E-state index in [0.29, 0.717) is 24.9 Å². The molecule has 6 atom stereocenters. The monoisotopic (exact) mass is 1160 g/mol. The fourth-order valence-electron chi connectivity index (χ4n) is 9.15. The molecule has 0 fully saturated rings. The Hall–Kier alpha value is -6.91. The van der Waals surface area contributed by atoms with Gasteiger partial charge in [0.05, 0.1) is 17.9 Å². The predicted octanol–water partition coefficient (Wildman–Crippen LogP) is 21.6. The van der Waals surface area contributed by atoms with E-state index in [1.807, 2.05) is 71.0 Å². The van der Waals surface area contributed by atoms with E-state index in [-0.39, 0.29) is 101 Å². The third-order valence-electron chi connectivity index (χ3n) is 13.5.